The first-order valence-corrected chi connectivity index (χ1v) is 8.49. The highest BCUT2D eigenvalue weighted by Gasteiger charge is 2.43. The molecular weight excluding hydrogens is 320 g/mol. The standard InChI is InChI=1S/C16H23F2N3O3/c1-2-3-8-24-15(23)20-7-5-13-12(10-20)14-16(17,18)6-4-11(22)9-21(14)19-13/h11,22H,2-10H2,1H3. The van der Waals surface area contributed by atoms with Gasteiger partial charge in [-0.3, -0.25) is 4.68 Å². The molecule has 1 atom stereocenters. The van der Waals surface area contributed by atoms with E-state index in [0.717, 1.165) is 12.8 Å². The van der Waals surface area contributed by atoms with E-state index in [1.807, 2.05) is 6.92 Å². The van der Waals surface area contributed by atoms with Crippen molar-refractivity contribution < 1.29 is 23.4 Å². The Bertz CT molecular complexity index is 618. The van der Waals surface area contributed by atoms with Crippen LogP contribution in [0.5, 0.6) is 0 Å². The summed E-state index contributed by atoms with van der Waals surface area (Å²) in [5, 5.41) is 14.1. The van der Waals surface area contributed by atoms with Crippen LogP contribution in [0.3, 0.4) is 0 Å². The van der Waals surface area contributed by atoms with Gasteiger partial charge in [-0.15, -0.1) is 0 Å². The van der Waals surface area contributed by atoms with Crippen LogP contribution in [0, 0.1) is 0 Å². The van der Waals surface area contributed by atoms with E-state index in [4.69, 9.17) is 4.74 Å². The highest BCUT2D eigenvalue weighted by atomic mass is 19.3. The highest BCUT2D eigenvalue weighted by Crippen LogP contribution is 2.40. The third-order valence-corrected chi connectivity index (χ3v) is 4.60. The van der Waals surface area contributed by atoms with E-state index in [2.05, 4.69) is 5.10 Å². The Hall–Kier alpha value is -1.70. The zero-order valence-corrected chi connectivity index (χ0v) is 13.8. The second-order valence-corrected chi connectivity index (χ2v) is 6.49. The monoisotopic (exact) mass is 343 g/mol. The Balaban J connectivity index is 1.82. The molecule has 0 saturated heterocycles. The maximum Gasteiger partial charge on any atom is 0.410 e. The van der Waals surface area contributed by atoms with E-state index in [-0.39, 0.29) is 25.2 Å². The van der Waals surface area contributed by atoms with Crippen LogP contribution in [-0.4, -0.2) is 45.1 Å². The molecule has 3 heterocycles. The summed E-state index contributed by atoms with van der Waals surface area (Å²) < 4.78 is 35.5. The molecular formula is C16H23F2N3O3. The number of rotatable bonds is 3. The van der Waals surface area contributed by atoms with E-state index in [0.29, 0.717) is 30.8 Å². The quantitative estimate of drug-likeness (QED) is 0.856. The Morgan fingerprint density at radius 2 is 2.29 bits per heavy atom. The van der Waals surface area contributed by atoms with Crippen LogP contribution >= 0.6 is 0 Å². The largest absolute Gasteiger partial charge is 0.449 e. The number of aromatic nitrogens is 2. The first-order valence-electron chi connectivity index (χ1n) is 8.49. The molecule has 1 amide bonds. The molecule has 134 valence electrons. The molecule has 1 N–H and O–H groups in total. The Labute approximate surface area is 139 Å². The normalized spacial score (nSPS) is 22.5. The molecule has 0 bridgehead atoms. The van der Waals surface area contributed by atoms with Crippen molar-refractivity contribution >= 4 is 6.09 Å². The zero-order chi connectivity index (χ0) is 17.3. The van der Waals surface area contributed by atoms with Crippen LogP contribution in [0.2, 0.25) is 0 Å². The summed E-state index contributed by atoms with van der Waals surface area (Å²) in [5.41, 5.74) is 0.851. The molecule has 0 saturated carbocycles. The average molecular weight is 343 g/mol. The first-order chi connectivity index (χ1) is 11.4. The minimum atomic E-state index is -3.05. The lowest BCUT2D eigenvalue weighted by molar-refractivity contribution is -0.0250. The third-order valence-electron chi connectivity index (χ3n) is 4.60. The van der Waals surface area contributed by atoms with Gasteiger partial charge < -0.3 is 14.7 Å². The van der Waals surface area contributed by atoms with Crippen molar-refractivity contribution in [2.75, 3.05) is 13.2 Å². The van der Waals surface area contributed by atoms with Gasteiger partial charge in [0.25, 0.3) is 5.92 Å². The lowest BCUT2D eigenvalue weighted by Crippen LogP contribution is -2.37. The topological polar surface area (TPSA) is 67.6 Å². The molecule has 0 radical (unpaired) electrons. The summed E-state index contributed by atoms with van der Waals surface area (Å²) in [7, 11) is 0. The van der Waals surface area contributed by atoms with E-state index in [1.54, 1.807) is 0 Å². The molecule has 1 aromatic rings. The van der Waals surface area contributed by atoms with Crippen LogP contribution in [0.15, 0.2) is 0 Å². The molecule has 2 aliphatic heterocycles. The first kappa shape index (κ1) is 17.1. The molecule has 0 aliphatic carbocycles. The van der Waals surface area contributed by atoms with Crippen LogP contribution in [0.25, 0.3) is 0 Å². The van der Waals surface area contributed by atoms with Crippen molar-refractivity contribution in [3.05, 3.63) is 17.0 Å². The smallest absolute Gasteiger partial charge is 0.410 e. The number of alkyl halides is 2. The molecule has 2 aliphatic rings. The van der Waals surface area contributed by atoms with Gasteiger partial charge in [0.15, 0.2) is 0 Å². The summed E-state index contributed by atoms with van der Waals surface area (Å²) in [6.45, 7) is 2.90. The SMILES string of the molecule is CCCCOC(=O)N1CCc2nn3c(c2C1)C(F)(F)CCC(O)C3. The number of aliphatic hydroxyl groups excluding tert-OH is 1. The van der Waals surface area contributed by atoms with Gasteiger partial charge in [-0.05, 0) is 12.8 Å². The van der Waals surface area contributed by atoms with Crippen LogP contribution < -0.4 is 0 Å². The number of carbonyl (C=O) groups excluding carboxylic acids is 1. The molecule has 0 spiro atoms. The van der Waals surface area contributed by atoms with Crippen molar-refractivity contribution in [2.24, 2.45) is 0 Å². The van der Waals surface area contributed by atoms with Crippen molar-refractivity contribution in [3.8, 4) is 0 Å². The minimum absolute atomic E-state index is 0.0356. The van der Waals surface area contributed by atoms with Crippen molar-refractivity contribution in [1.82, 2.24) is 14.7 Å². The number of unbranched alkanes of at least 4 members (excludes halogenated alkanes) is 1. The van der Waals surface area contributed by atoms with Gasteiger partial charge in [0, 0.05) is 24.9 Å². The molecule has 1 unspecified atom stereocenters. The van der Waals surface area contributed by atoms with Gasteiger partial charge in [0.2, 0.25) is 0 Å². The summed E-state index contributed by atoms with van der Waals surface area (Å²) >= 11 is 0. The summed E-state index contributed by atoms with van der Waals surface area (Å²) in [6, 6.07) is 0. The molecule has 1 aromatic heterocycles. The molecule has 6 nitrogen and oxygen atoms in total. The lowest BCUT2D eigenvalue weighted by Gasteiger charge is -2.27. The number of hydrogen-bond acceptors (Lipinski definition) is 4. The van der Waals surface area contributed by atoms with Crippen LogP contribution in [-0.2, 0) is 30.2 Å². The molecule has 0 fully saturated rings. The number of hydrogen-bond donors (Lipinski definition) is 1. The summed E-state index contributed by atoms with van der Waals surface area (Å²) in [4.78, 5) is 13.6. The average Bonchev–Trinajstić information content (AvgIpc) is 2.85. The number of aliphatic hydroxyl groups is 1. The Kier molecular flexibility index (Phi) is 4.76. The van der Waals surface area contributed by atoms with Crippen LogP contribution in [0.4, 0.5) is 13.6 Å². The van der Waals surface area contributed by atoms with Gasteiger partial charge in [-0.1, -0.05) is 13.3 Å². The number of halogens is 2. The third kappa shape index (κ3) is 3.24. The van der Waals surface area contributed by atoms with E-state index >= 15 is 0 Å². The summed E-state index contributed by atoms with van der Waals surface area (Å²) in [6.07, 6.45) is 0.456. The molecule has 8 heteroatoms. The van der Waals surface area contributed by atoms with Crippen molar-refractivity contribution in [3.63, 3.8) is 0 Å². The predicted molar refractivity (Wildman–Crippen MR) is 81.7 cm³/mol. The second kappa shape index (κ2) is 6.66. The maximum atomic E-state index is 14.5. The number of carbonyl (C=O) groups is 1. The van der Waals surface area contributed by atoms with Gasteiger partial charge in [0.05, 0.1) is 31.5 Å². The molecule has 3 rings (SSSR count). The number of amides is 1. The minimum Gasteiger partial charge on any atom is -0.449 e. The fourth-order valence-electron chi connectivity index (χ4n) is 3.28. The highest BCUT2D eigenvalue weighted by molar-refractivity contribution is 5.68. The Morgan fingerprint density at radius 3 is 3.04 bits per heavy atom. The maximum absolute atomic E-state index is 14.5. The van der Waals surface area contributed by atoms with Gasteiger partial charge >= 0.3 is 6.09 Å². The van der Waals surface area contributed by atoms with E-state index in [1.165, 1.54) is 9.58 Å². The molecule has 0 aromatic carbocycles. The number of ether oxygens (including phenoxy) is 1. The number of nitrogens with zero attached hydrogens (tertiary/aromatic N) is 3. The van der Waals surface area contributed by atoms with Gasteiger partial charge in [-0.2, -0.15) is 13.9 Å². The fourth-order valence-corrected chi connectivity index (χ4v) is 3.28. The van der Waals surface area contributed by atoms with Crippen molar-refractivity contribution in [1.29, 1.82) is 0 Å². The molecule has 24 heavy (non-hydrogen) atoms. The predicted octanol–water partition coefficient (Wildman–Crippen LogP) is 2.42. The van der Waals surface area contributed by atoms with Gasteiger partial charge in [-0.25, -0.2) is 4.79 Å². The van der Waals surface area contributed by atoms with Crippen molar-refractivity contribution in [2.45, 2.75) is 64.1 Å². The summed E-state index contributed by atoms with van der Waals surface area (Å²) in [5.74, 6) is -3.05. The van der Waals surface area contributed by atoms with E-state index in [9.17, 15) is 18.7 Å². The lowest BCUT2D eigenvalue weighted by atomic mass is 10.00. The second-order valence-electron chi connectivity index (χ2n) is 6.49. The van der Waals surface area contributed by atoms with Gasteiger partial charge in [0.1, 0.15) is 5.69 Å². The zero-order valence-electron chi connectivity index (χ0n) is 13.8. The fraction of sp³-hybridized carbons (Fsp3) is 0.750. The number of fused-ring (bicyclic) bond motifs is 3. The Morgan fingerprint density at radius 1 is 1.50 bits per heavy atom. The van der Waals surface area contributed by atoms with E-state index < -0.39 is 24.5 Å². The van der Waals surface area contributed by atoms with Crippen LogP contribution in [0.1, 0.15) is 49.6 Å².